The molecule has 0 aromatic carbocycles. The third kappa shape index (κ3) is 42.5. The molecule has 0 aliphatic rings. The highest BCUT2D eigenvalue weighted by molar-refractivity contribution is 7.47. The zero-order chi connectivity index (χ0) is 44.7. The molecule has 0 fully saturated rings. The predicted molar refractivity (Wildman–Crippen MR) is 236 cm³/mol. The first kappa shape index (κ1) is 57.8. The largest absolute Gasteiger partial charge is 0.472 e. The van der Waals surface area contributed by atoms with E-state index in [1.807, 2.05) is 61.6 Å². The van der Waals surface area contributed by atoms with Crippen molar-refractivity contribution in [2.75, 3.05) is 26.4 Å². The summed E-state index contributed by atoms with van der Waals surface area (Å²) in [6, 6.07) is 0. The van der Waals surface area contributed by atoms with E-state index in [4.69, 9.17) is 23.8 Å². The number of aliphatic hydroxyl groups excluding tert-OH is 2. The average Bonchev–Trinajstić information content (AvgIpc) is 3.19. The Balaban J connectivity index is 4.64. The molecule has 0 aromatic rings. The lowest BCUT2D eigenvalue weighted by Gasteiger charge is -2.20. The Bertz CT molecular complexity index is 1320. The molecule has 0 saturated carbocycles. The van der Waals surface area contributed by atoms with Gasteiger partial charge in [-0.05, 0) is 50.9 Å². The molecular formula is C44H78O14P2. The first-order valence-electron chi connectivity index (χ1n) is 21.9. The molecular weight excluding hydrogens is 814 g/mol. The van der Waals surface area contributed by atoms with E-state index >= 15 is 0 Å². The second-order valence-corrected chi connectivity index (χ2v) is 18.0. The molecule has 348 valence electrons. The number of carbonyl (C=O) groups excluding carboxylic acids is 2. The van der Waals surface area contributed by atoms with Gasteiger partial charge in [-0.1, -0.05) is 159 Å². The predicted octanol–water partition coefficient (Wildman–Crippen LogP) is 10.1. The van der Waals surface area contributed by atoms with Crippen LogP contribution in [0.15, 0.2) is 60.8 Å². The van der Waals surface area contributed by atoms with E-state index in [9.17, 15) is 33.8 Å². The Morgan fingerprint density at radius 3 is 1.75 bits per heavy atom. The van der Waals surface area contributed by atoms with Crippen molar-refractivity contribution >= 4 is 27.6 Å². The van der Waals surface area contributed by atoms with Gasteiger partial charge in [0, 0.05) is 12.8 Å². The third-order valence-electron chi connectivity index (χ3n) is 8.91. The Kier molecular flexibility index (Phi) is 37.0. The minimum Gasteiger partial charge on any atom is -0.462 e. The van der Waals surface area contributed by atoms with Crippen molar-refractivity contribution in [3.8, 4) is 0 Å². The van der Waals surface area contributed by atoms with Crippen molar-refractivity contribution in [3.63, 3.8) is 0 Å². The number of rotatable bonds is 40. The summed E-state index contributed by atoms with van der Waals surface area (Å²) in [6.07, 6.45) is 35.7. The number of hydrogen-bond donors (Lipinski definition) is 5. The van der Waals surface area contributed by atoms with Crippen LogP contribution in [0.3, 0.4) is 0 Å². The molecule has 0 saturated heterocycles. The van der Waals surface area contributed by atoms with Crippen molar-refractivity contribution in [2.45, 2.75) is 174 Å². The SMILES string of the molecule is CC/C=C\C(O)C/C=C/C=C\C/C=C\C/C=C\CCCC(=O)O[C@H](COC(=O)CCCCCCCCCCCCCCC(C)C)COP(=O)(O)OC[C@@H](O)COP(=O)(O)O. The number of hydrogen-bond acceptors (Lipinski definition) is 11. The maximum Gasteiger partial charge on any atom is 0.472 e. The van der Waals surface area contributed by atoms with Gasteiger partial charge in [-0.2, -0.15) is 0 Å². The van der Waals surface area contributed by atoms with Gasteiger partial charge in [-0.15, -0.1) is 0 Å². The van der Waals surface area contributed by atoms with Crippen molar-refractivity contribution in [1.29, 1.82) is 0 Å². The summed E-state index contributed by atoms with van der Waals surface area (Å²) in [5.74, 6) is -0.336. The maximum atomic E-state index is 12.6. The lowest BCUT2D eigenvalue weighted by atomic mass is 10.0. The smallest absolute Gasteiger partial charge is 0.462 e. The van der Waals surface area contributed by atoms with Crippen LogP contribution in [0, 0.1) is 5.92 Å². The number of aliphatic hydroxyl groups is 2. The van der Waals surface area contributed by atoms with Crippen LogP contribution in [0.4, 0.5) is 0 Å². The molecule has 0 heterocycles. The molecule has 0 aliphatic heterocycles. The van der Waals surface area contributed by atoms with Crippen LogP contribution < -0.4 is 0 Å². The van der Waals surface area contributed by atoms with E-state index in [1.165, 1.54) is 57.8 Å². The van der Waals surface area contributed by atoms with Crippen molar-refractivity contribution < 1.29 is 66.7 Å². The molecule has 5 N–H and O–H groups in total. The zero-order valence-electron chi connectivity index (χ0n) is 36.6. The van der Waals surface area contributed by atoms with Gasteiger partial charge in [-0.25, -0.2) is 9.13 Å². The monoisotopic (exact) mass is 892 g/mol. The molecule has 0 rings (SSSR count). The fourth-order valence-corrected chi connectivity index (χ4v) is 6.74. The Hall–Kier alpha value is -2.22. The van der Waals surface area contributed by atoms with Gasteiger partial charge in [0.1, 0.15) is 12.7 Å². The summed E-state index contributed by atoms with van der Waals surface area (Å²) in [5, 5.41) is 19.5. The van der Waals surface area contributed by atoms with Gasteiger partial charge in [0.2, 0.25) is 0 Å². The van der Waals surface area contributed by atoms with Gasteiger partial charge in [0.05, 0.1) is 25.9 Å². The number of esters is 2. The molecule has 0 aliphatic carbocycles. The van der Waals surface area contributed by atoms with E-state index in [1.54, 1.807) is 6.08 Å². The van der Waals surface area contributed by atoms with Crippen LogP contribution in [0.25, 0.3) is 0 Å². The zero-order valence-corrected chi connectivity index (χ0v) is 38.4. The molecule has 14 nitrogen and oxygen atoms in total. The number of phosphoric acid groups is 2. The van der Waals surface area contributed by atoms with Gasteiger partial charge in [-0.3, -0.25) is 23.2 Å². The number of unbranched alkanes of at least 4 members (excludes halogenated alkanes) is 12. The van der Waals surface area contributed by atoms with Crippen LogP contribution in [-0.4, -0.2) is 81.6 Å². The van der Waals surface area contributed by atoms with Crippen LogP contribution in [0.1, 0.15) is 156 Å². The average molecular weight is 893 g/mol. The minimum atomic E-state index is -4.88. The summed E-state index contributed by atoms with van der Waals surface area (Å²) >= 11 is 0. The van der Waals surface area contributed by atoms with Crippen LogP contribution >= 0.6 is 15.6 Å². The number of carbonyl (C=O) groups is 2. The lowest BCUT2D eigenvalue weighted by Crippen LogP contribution is -2.29. The summed E-state index contributed by atoms with van der Waals surface area (Å²) in [6.45, 7) is 3.76. The van der Waals surface area contributed by atoms with E-state index in [0.29, 0.717) is 25.7 Å². The standard InChI is InChI=1S/C44H78O14P2/c1-4-5-31-40(45)32-27-23-19-15-11-7-9-13-17-21-25-29-34-44(48)58-42(38-57-60(52,53)56-36-41(46)35-55-59(49,50)51)37-54-43(47)33-28-24-20-16-12-8-6-10-14-18-22-26-30-39(2)3/h5,7,9,15,17,19,21,23,27,31,39-42,45-46H,4,6,8,10-14,16,18,20,22,24-26,28-30,32-38H2,1-3H3,(H,52,53)(H2,49,50,51)/b9-7-,19-15-,21-17-,27-23+,31-5-/t40?,41-,42+/m0/s1. The Labute approximate surface area is 360 Å². The summed E-state index contributed by atoms with van der Waals surface area (Å²) in [7, 11) is -9.71. The summed E-state index contributed by atoms with van der Waals surface area (Å²) < 4.78 is 47.7. The third-order valence-corrected chi connectivity index (χ3v) is 10.3. The molecule has 60 heavy (non-hydrogen) atoms. The second-order valence-electron chi connectivity index (χ2n) is 15.3. The summed E-state index contributed by atoms with van der Waals surface area (Å²) in [4.78, 5) is 52.7. The normalized spacial score (nSPS) is 15.2. The van der Waals surface area contributed by atoms with Crippen LogP contribution in [0.2, 0.25) is 0 Å². The van der Waals surface area contributed by atoms with E-state index in [0.717, 1.165) is 44.4 Å². The molecule has 0 aromatic heterocycles. The van der Waals surface area contributed by atoms with Crippen molar-refractivity contribution in [1.82, 2.24) is 0 Å². The molecule has 4 atom stereocenters. The highest BCUT2D eigenvalue weighted by atomic mass is 31.2. The van der Waals surface area contributed by atoms with Gasteiger partial charge >= 0.3 is 27.6 Å². The van der Waals surface area contributed by atoms with Gasteiger partial charge in [0.15, 0.2) is 6.10 Å². The first-order chi connectivity index (χ1) is 28.6. The van der Waals surface area contributed by atoms with Gasteiger partial charge < -0.3 is 34.4 Å². The molecule has 0 amide bonds. The maximum absolute atomic E-state index is 12.6. The lowest BCUT2D eigenvalue weighted by molar-refractivity contribution is -0.161. The van der Waals surface area contributed by atoms with Crippen LogP contribution in [0.5, 0.6) is 0 Å². The highest BCUT2D eigenvalue weighted by Gasteiger charge is 2.28. The fraction of sp³-hybridized carbons (Fsp3) is 0.727. The van der Waals surface area contributed by atoms with Crippen molar-refractivity contribution in [3.05, 3.63) is 60.8 Å². The van der Waals surface area contributed by atoms with E-state index in [2.05, 4.69) is 22.9 Å². The Morgan fingerprint density at radius 2 is 1.13 bits per heavy atom. The number of allylic oxidation sites excluding steroid dienone is 8. The Morgan fingerprint density at radius 1 is 0.600 bits per heavy atom. The highest BCUT2D eigenvalue weighted by Crippen LogP contribution is 2.43. The molecule has 16 heteroatoms. The van der Waals surface area contributed by atoms with Crippen LogP contribution in [-0.2, 0) is 41.8 Å². The second kappa shape index (κ2) is 38.5. The number of ether oxygens (including phenoxy) is 2. The molecule has 0 bridgehead atoms. The fourth-order valence-electron chi connectivity index (χ4n) is 5.59. The van der Waals surface area contributed by atoms with Gasteiger partial charge in [0.25, 0.3) is 0 Å². The van der Waals surface area contributed by atoms with E-state index < -0.39 is 72.3 Å². The topological polar surface area (TPSA) is 216 Å². The molecule has 0 spiro atoms. The quantitative estimate of drug-likeness (QED) is 0.0127. The minimum absolute atomic E-state index is 0.0341. The molecule has 0 radical (unpaired) electrons. The van der Waals surface area contributed by atoms with Crippen molar-refractivity contribution in [2.24, 2.45) is 5.92 Å². The summed E-state index contributed by atoms with van der Waals surface area (Å²) in [5.41, 5.74) is 0. The first-order valence-corrected chi connectivity index (χ1v) is 25.0. The van der Waals surface area contributed by atoms with E-state index in [-0.39, 0.29) is 12.8 Å². The number of phosphoric ester groups is 2. The molecule has 2 unspecified atom stereocenters.